The first kappa shape index (κ1) is 15.3. The Morgan fingerprint density at radius 3 is 2.82 bits per heavy atom. The Morgan fingerprint density at radius 2 is 2.12 bits per heavy atom. The number of ether oxygens (including phenoxy) is 1. The molecule has 1 fully saturated rings. The molecule has 1 aliphatic heterocycles. The largest absolute Gasteiger partial charge is 0.383 e. The number of rotatable bonds is 8. The molecule has 0 unspecified atom stereocenters. The van der Waals surface area contributed by atoms with Crippen molar-refractivity contribution in [2.45, 2.75) is 31.4 Å². The van der Waals surface area contributed by atoms with Crippen molar-refractivity contribution in [3.05, 3.63) is 0 Å². The van der Waals surface area contributed by atoms with Gasteiger partial charge in [0.25, 0.3) is 0 Å². The topological polar surface area (TPSA) is 24.5 Å². The monoisotopic (exact) mass is 260 g/mol. The lowest BCUT2D eigenvalue weighted by Crippen LogP contribution is -2.43. The second kappa shape index (κ2) is 8.35. The maximum Gasteiger partial charge on any atom is 0.0587 e. The van der Waals surface area contributed by atoms with Crippen LogP contribution in [0.15, 0.2) is 0 Å². The summed E-state index contributed by atoms with van der Waals surface area (Å²) >= 11 is 2.11. The van der Waals surface area contributed by atoms with Crippen LogP contribution in [-0.2, 0) is 4.74 Å². The van der Waals surface area contributed by atoms with Crippen LogP contribution >= 0.6 is 11.8 Å². The van der Waals surface area contributed by atoms with Gasteiger partial charge in [-0.25, -0.2) is 0 Å². The first-order chi connectivity index (χ1) is 8.14. The van der Waals surface area contributed by atoms with E-state index in [1.165, 1.54) is 38.2 Å². The molecule has 0 radical (unpaired) electrons. The Morgan fingerprint density at radius 1 is 1.29 bits per heavy atom. The fourth-order valence-electron chi connectivity index (χ4n) is 2.19. The molecule has 0 atom stereocenters. The van der Waals surface area contributed by atoms with Gasteiger partial charge in [0.05, 0.1) is 6.61 Å². The molecular weight excluding hydrogens is 232 g/mol. The van der Waals surface area contributed by atoms with Gasteiger partial charge in [-0.3, -0.25) is 0 Å². The molecule has 1 aliphatic rings. The van der Waals surface area contributed by atoms with Crippen molar-refractivity contribution in [1.82, 2.24) is 10.2 Å². The van der Waals surface area contributed by atoms with Crippen LogP contribution in [-0.4, -0.2) is 61.8 Å². The maximum absolute atomic E-state index is 4.99. The molecule has 102 valence electrons. The van der Waals surface area contributed by atoms with Gasteiger partial charge in [-0.2, -0.15) is 11.8 Å². The Balaban J connectivity index is 1.95. The van der Waals surface area contributed by atoms with E-state index in [1.807, 2.05) is 0 Å². The Bertz CT molecular complexity index is 200. The summed E-state index contributed by atoms with van der Waals surface area (Å²) in [5, 5.41) is 3.39. The van der Waals surface area contributed by atoms with Crippen molar-refractivity contribution >= 4 is 11.8 Å². The molecular formula is C13H28N2OS. The number of thioether (sulfide) groups is 1. The van der Waals surface area contributed by atoms with Crippen LogP contribution in [0.4, 0.5) is 0 Å². The van der Waals surface area contributed by atoms with Crippen molar-refractivity contribution < 1.29 is 4.74 Å². The third kappa shape index (κ3) is 7.29. The quantitative estimate of drug-likeness (QED) is 0.673. The van der Waals surface area contributed by atoms with Crippen LogP contribution in [0.5, 0.6) is 0 Å². The van der Waals surface area contributed by atoms with Gasteiger partial charge in [0.2, 0.25) is 0 Å². The summed E-state index contributed by atoms with van der Waals surface area (Å²) < 4.78 is 5.45. The summed E-state index contributed by atoms with van der Waals surface area (Å²) in [6.07, 6.45) is 2.58. The third-order valence-corrected chi connectivity index (χ3v) is 4.36. The third-order valence-electron chi connectivity index (χ3n) is 3.07. The lowest BCUT2D eigenvalue weighted by molar-refractivity contribution is 0.199. The summed E-state index contributed by atoms with van der Waals surface area (Å²) in [6.45, 7) is 11.4. The molecule has 1 heterocycles. The van der Waals surface area contributed by atoms with Gasteiger partial charge in [0.15, 0.2) is 0 Å². The molecule has 17 heavy (non-hydrogen) atoms. The number of nitrogens with one attached hydrogen (secondary N) is 1. The number of nitrogens with zero attached hydrogens (tertiary/aromatic N) is 1. The maximum atomic E-state index is 4.99. The molecule has 3 nitrogen and oxygen atoms in total. The molecule has 0 bridgehead atoms. The van der Waals surface area contributed by atoms with E-state index in [1.54, 1.807) is 7.11 Å². The highest BCUT2D eigenvalue weighted by Crippen LogP contribution is 2.29. The summed E-state index contributed by atoms with van der Waals surface area (Å²) in [5.74, 6) is 1.29. The van der Waals surface area contributed by atoms with E-state index >= 15 is 0 Å². The van der Waals surface area contributed by atoms with Crippen LogP contribution < -0.4 is 5.32 Å². The van der Waals surface area contributed by atoms with Gasteiger partial charge in [-0.15, -0.1) is 0 Å². The van der Waals surface area contributed by atoms with Gasteiger partial charge < -0.3 is 15.0 Å². The van der Waals surface area contributed by atoms with Crippen molar-refractivity contribution in [1.29, 1.82) is 0 Å². The number of unbranched alkanes of at least 4 members (excludes halogenated alkanes) is 1. The molecule has 0 aromatic carbocycles. The lowest BCUT2D eigenvalue weighted by Gasteiger charge is -2.37. The zero-order valence-electron chi connectivity index (χ0n) is 11.6. The standard InChI is InChI=1S/C13H28N2OS/c1-13(2)12-15(9-11-17-13)8-5-4-6-14-7-10-16-3/h14H,4-12H2,1-3H3. The Kier molecular flexibility index (Phi) is 7.51. The summed E-state index contributed by atoms with van der Waals surface area (Å²) in [6, 6.07) is 0. The molecule has 0 aliphatic carbocycles. The van der Waals surface area contributed by atoms with E-state index in [4.69, 9.17) is 4.74 Å². The minimum atomic E-state index is 0.453. The minimum Gasteiger partial charge on any atom is -0.383 e. The predicted molar refractivity (Wildman–Crippen MR) is 77.0 cm³/mol. The zero-order chi connectivity index (χ0) is 12.6. The molecule has 1 rings (SSSR count). The molecule has 0 saturated carbocycles. The average Bonchev–Trinajstić information content (AvgIpc) is 2.27. The number of methoxy groups -OCH3 is 1. The fraction of sp³-hybridized carbons (Fsp3) is 1.00. The van der Waals surface area contributed by atoms with E-state index in [0.29, 0.717) is 4.75 Å². The van der Waals surface area contributed by atoms with Gasteiger partial charge in [-0.1, -0.05) is 0 Å². The van der Waals surface area contributed by atoms with Gasteiger partial charge >= 0.3 is 0 Å². The second-order valence-corrected chi connectivity index (χ2v) is 7.14. The normalized spacial score (nSPS) is 20.6. The van der Waals surface area contributed by atoms with Gasteiger partial charge in [0, 0.05) is 37.2 Å². The van der Waals surface area contributed by atoms with E-state index in [9.17, 15) is 0 Å². The highest BCUT2D eigenvalue weighted by atomic mass is 32.2. The summed E-state index contributed by atoms with van der Waals surface area (Å²) in [4.78, 5) is 2.62. The molecule has 1 saturated heterocycles. The van der Waals surface area contributed by atoms with Crippen molar-refractivity contribution in [3.63, 3.8) is 0 Å². The average molecular weight is 260 g/mol. The van der Waals surface area contributed by atoms with E-state index in [0.717, 1.165) is 19.7 Å². The smallest absolute Gasteiger partial charge is 0.0587 e. The van der Waals surface area contributed by atoms with E-state index < -0.39 is 0 Å². The Labute approximate surface area is 111 Å². The minimum absolute atomic E-state index is 0.453. The zero-order valence-corrected chi connectivity index (χ0v) is 12.4. The van der Waals surface area contributed by atoms with Crippen LogP contribution in [0, 0.1) is 0 Å². The fourth-order valence-corrected chi connectivity index (χ4v) is 3.37. The van der Waals surface area contributed by atoms with Crippen LogP contribution in [0.3, 0.4) is 0 Å². The highest BCUT2D eigenvalue weighted by molar-refractivity contribution is 8.00. The number of hydrogen-bond acceptors (Lipinski definition) is 4. The molecule has 0 aromatic rings. The van der Waals surface area contributed by atoms with Gasteiger partial charge in [0.1, 0.15) is 0 Å². The SMILES string of the molecule is COCCNCCCCN1CCSC(C)(C)C1. The molecule has 0 aromatic heterocycles. The van der Waals surface area contributed by atoms with Crippen molar-refractivity contribution in [2.75, 3.05) is 52.2 Å². The molecule has 0 spiro atoms. The summed E-state index contributed by atoms with van der Waals surface area (Å²) in [7, 11) is 1.75. The van der Waals surface area contributed by atoms with Crippen LogP contribution in [0.2, 0.25) is 0 Å². The van der Waals surface area contributed by atoms with Crippen LogP contribution in [0.25, 0.3) is 0 Å². The molecule has 4 heteroatoms. The highest BCUT2D eigenvalue weighted by Gasteiger charge is 2.26. The second-order valence-electron chi connectivity index (χ2n) is 5.33. The van der Waals surface area contributed by atoms with Crippen molar-refractivity contribution in [3.8, 4) is 0 Å². The van der Waals surface area contributed by atoms with Gasteiger partial charge in [-0.05, 0) is 39.8 Å². The summed E-state index contributed by atoms with van der Waals surface area (Å²) in [5.41, 5.74) is 0. The predicted octanol–water partition coefficient (Wildman–Crippen LogP) is 1.83. The first-order valence-corrected chi connectivity index (χ1v) is 7.68. The number of hydrogen-bond donors (Lipinski definition) is 1. The first-order valence-electron chi connectivity index (χ1n) is 6.70. The van der Waals surface area contributed by atoms with Crippen LogP contribution in [0.1, 0.15) is 26.7 Å². The lowest BCUT2D eigenvalue weighted by atomic mass is 10.1. The molecule has 1 N–H and O–H groups in total. The molecule has 0 amide bonds. The Hall–Kier alpha value is 0.230. The van der Waals surface area contributed by atoms with E-state index in [2.05, 4.69) is 35.8 Å². The van der Waals surface area contributed by atoms with E-state index in [-0.39, 0.29) is 0 Å². The van der Waals surface area contributed by atoms with Crippen molar-refractivity contribution in [2.24, 2.45) is 0 Å².